The Morgan fingerprint density at radius 3 is 2.23 bits per heavy atom. The van der Waals surface area contributed by atoms with E-state index in [1.807, 2.05) is 23.1 Å². The fourth-order valence-corrected chi connectivity index (χ4v) is 3.27. The monoisotopic (exact) mass is 303 g/mol. The van der Waals surface area contributed by atoms with E-state index >= 15 is 0 Å². The molecule has 1 heterocycles. The van der Waals surface area contributed by atoms with E-state index < -0.39 is 0 Å². The van der Waals surface area contributed by atoms with Gasteiger partial charge < -0.3 is 10.2 Å². The summed E-state index contributed by atoms with van der Waals surface area (Å²) < 4.78 is 0. The van der Waals surface area contributed by atoms with Crippen LogP contribution in [-0.2, 0) is 0 Å². The van der Waals surface area contributed by atoms with Gasteiger partial charge in [-0.15, -0.1) is 0 Å². The van der Waals surface area contributed by atoms with Crippen LogP contribution in [-0.4, -0.2) is 47.0 Å². The minimum atomic E-state index is 0.00645. The molecule has 1 aromatic rings. The number of nitrogens with one attached hydrogen (secondary N) is 1. The number of benzene rings is 1. The van der Waals surface area contributed by atoms with E-state index in [2.05, 4.69) is 51.8 Å². The summed E-state index contributed by atoms with van der Waals surface area (Å²) in [6.45, 7) is 14.6. The van der Waals surface area contributed by atoms with Crippen LogP contribution in [0.4, 0.5) is 10.5 Å². The molecule has 0 bridgehead atoms. The van der Waals surface area contributed by atoms with Crippen LogP contribution in [0.3, 0.4) is 0 Å². The highest BCUT2D eigenvalue weighted by Crippen LogP contribution is 2.22. The molecule has 0 unspecified atom stereocenters. The third-order valence-corrected chi connectivity index (χ3v) is 4.52. The Balaban J connectivity index is 1.90. The highest BCUT2D eigenvalue weighted by atomic mass is 16.2. The Morgan fingerprint density at radius 1 is 1.14 bits per heavy atom. The van der Waals surface area contributed by atoms with Gasteiger partial charge in [-0.2, -0.15) is 0 Å². The Morgan fingerprint density at radius 2 is 1.73 bits per heavy atom. The second kappa shape index (κ2) is 6.69. The van der Waals surface area contributed by atoms with Crippen molar-refractivity contribution in [1.29, 1.82) is 0 Å². The molecule has 0 saturated carbocycles. The summed E-state index contributed by atoms with van der Waals surface area (Å²) in [5.41, 5.74) is 3.32. The Hall–Kier alpha value is -1.55. The van der Waals surface area contributed by atoms with Crippen molar-refractivity contribution in [3.8, 4) is 0 Å². The summed E-state index contributed by atoms with van der Waals surface area (Å²) in [5, 5.41) is 3.00. The number of amides is 2. The maximum absolute atomic E-state index is 12.3. The van der Waals surface area contributed by atoms with Crippen molar-refractivity contribution in [3.63, 3.8) is 0 Å². The zero-order valence-corrected chi connectivity index (χ0v) is 14.7. The zero-order chi connectivity index (χ0) is 16.4. The van der Waals surface area contributed by atoms with Crippen LogP contribution in [0.15, 0.2) is 18.2 Å². The lowest BCUT2D eigenvalue weighted by Crippen LogP contribution is -2.64. The second-order valence-corrected chi connectivity index (χ2v) is 6.92. The number of carbonyl (C=O) groups is 1. The number of rotatable bonds is 4. The normalized spacial score (nSPS) is 15.6. The second-order valence-electron chi connectivity index (χ2n) is 6.92. The molecule has 2 rings (SSSR count). The van der Waals surface area contributed by atoms with Gasteiger partial charge in [0.1, 0.15) is 0 Å². The van der Waals surface area contributed by atoms with E-state index in [1.165, 1.54) is 11.1 Å². The van der Waals surface area contributed by atoms with Gasteiger partial charge in [0.25, 0.3) is 0 Å². The number of hydrogen-bond acceptors (Lipinski definition) is 2. The SMILES string of the molecule is Cc1ccc(NC(=O)N2CC(N(C(C)C)C(C)C)C2)cc1C. The maximum atomic E-state index is 12.3. The summed E-state index contributed by atoms with van der Waals surface area (Å²) in [7, 11) is 0. The first-order chi connectivity index (χ1) is 10.3. The van der Waals surface area contributed by atoms with Crippen molar-refractivity contribution >= 4 is 11.7 Å². The van der Waals surface area contributed by atoms with E-state index in [-0.39, 0.29) is 6.03 Å². The van der Waals surface area contributed by atoms with Crippen molar-refractivity contribution in [2.75, 3.05) is 18.4 Å². The number of anilines is 1. The first-order valence-corrected chi connectivity index (χ1v) is 8.20. The predicted molar refractivity (Wildman–Crippen MR) is 92.4 cm³/mol. The largest absolute Gasteiger partial charge is 0.321 e. The van der Waals surface area contributed by atoms with Crippen molar-refractivity contribution < 1.29 is 4.79 Å². The van der Waals surface area contributed by atoms with Gasteiger partial charge in [0.15, 0.2) is 0 Å². The maximum Gasteiger partial charge on any atom is 0.321 e. The average Bonchev–Trinajstić information content (AvgIpc) is 2.36. The highest BCUT2D eigenvalue weighted by Gasteiger charge is 2.36. The van der Waals surface area contributed by atoms with Gasteiger partial charge in [0.2, 0.25) is 0 Å². The molecule has 1 fully saturated rings. The third kappa shape index (κ3) is 3.61. The number of nitrogens with zero attached hydrogens (tertiary/aromatic N) is 2. The van der Waals surface area contributed by atoms with E-state index in [9.17, 15) is 4.79 Å². The van der Waals surface area contributed by atoms with Crippen LogP contribution in [0.2, 0.25) is 0 Å². The topological polar surface area (TPSA) is 35.6 Å². The molecule has 22 heavy (non-hydrogen) atoms. The summed E-state index contributed by atoms with van der Waals surface area (Å²) in [6, 6.07) is 7.54. The molecule has 1 N–H and O–H groups in total. The lowest BCUT2D eigenvalue weighted by atomic mass is 10.0. The number of likely N-dealkylation sites (tertiary alicyclic amines) is 1. The highest BCUT2D eigenvalue weighted by molar-refractivity contribution is 5.90. The summed E-state index contributed by atoms with van der Waals surface area (Å²) in [6.07, 6.45) is 0. The van der Waals surface area contributed by atoms with Crippen LogP contribution in [0.1, 0.15) is 38.8 Å². The molecule has 1 saturated heterocycles. The Bertz CT molecular complexity index is 525. The fourth-order valence-electron chi connectivity index (χ4n) is 3.27. The molecule has 2 amide bonds. The minimum absolute atomic E-state index is 0.00645. The lowest BCUT2D eigenvalue weighted by Gasteiger charge is -2.48. The van der Waals surface area contributed by atoms with E-state index in [1.54, 1.807) is 0 Å². The van der Waals surface area contributed by atoms with Gasteiger partial charge in [0, 0.05) is 36.9 Å². The van der Waals surface area contributed by atoms with Gasteiger partial charge in [0.05, 0.1) is 0 Å². The van der Waals surface area contributed by atoms with Crippen LogP contribution in [0.5, 0.6) is 0 Å². The van der Waals surface area contributed by atoms with Gasteiger partial charge in [-0.1, -0.05) is 6.07 Å². The van der Waals surface area contributed by atoms with Crippen LogP contribution < -0.4 is 5.32 Å². The van der Waals surface area contributed by atoms with Crippen LogP contribution in [0.25, 0.3) is 0 Å². The molecule has 1 aliphatic rings. The standard InChI is InChI=1S/C18H29N3O/c1-12(2)21(13(3)4)17-10-20(11-17)18(22)19-16-8-7-14(5)15(6)9-16/h7-9,12-13,17H,10-11H2,1-6H3,(H,19,22). The van der Waals surface area contributed by atoms with Crippen molar-refractivity contribution in [3.05, 3.63) is 29.3 Å². The molecule has 4 nitrogen and oxygen atoms in total. The summed E-state index contributed by atoms with van der Waals surface area (Å²) in [4.78, 5) is 16.7. The number of aryl methyl sites for hydroxylation is 2. The van der Waals surface area contributed by atoms with Gasteiger partial charge in [-0.25, -0.2) is 4.79 Å². The quantitative estimate of drug-likeness (QED) is 0.922. The number of urea groups is 1. The molecule has 0 aromatic heterocycles. The Kier molecular flexibility index (Phi) is 5.12. The smallest absolute Gasteiger partial charge is 0.321 e. The summed E-state index contributed by atoms with van der Waals surface area (Å²) in [5.74, 6) is 0. The molecular weight excluding hydrogens is 274 g/mol. The van der Waals surface area contributed by atoms with Gasteiger partial charge >= 0.3 is 6.03 Å². The van der Waals surface area contributed by atoms with Gasteiger partial charge in [-0.05, 0) is 64.8 Å². The summed E-state index contributed by atoms with van der Waals surface area (Å²) >= 11 is 0. The molecule has 4 heteroatoms. The number of hydrogen-bond donors (Lipinski definition) is 1. The molecule has 0 atom stereocenters. The average molecular weight is 303 g/mol. The molecule has 0 spiro atoms. The predicted octanol–water partition coefficient (Wildman–Crippen LogP) is 3.64. The molecule has 122 valence electrons. The van der Waals surface area contributed by atoms with Crippen molar-refractivity contribution in [1.82, 2.24) is 9.80 Å². The van der Waals surface area contributed by atoms with E-state index in [0.29, 0.717) is 18.1 Å². The van der Waals surface area contributed by atoms with Crippen molar-refractivity contribution in [2.45, 2.75) is 59.7 Å². The lowest BCUT2D eigenvalue weighted by molar-refractivity contribution is 0.0202. The van der Waals surface area contributed by atoms with Crippen LogP contribution >= 0.6 is 0 Å². The van der Waals surface area contributed by atoms with Crippen LogP contribution in [0, 0.1) is 13.8 Å². The molecular formula is C18H29N3O. The first-order valence-electron chi connectivity index (χ1n) is 8.20. The minimum Gasteiger partial charge on any atom is -0.321 e. The fraction of sp³-hybridized carbons (Fsp3) is 0.611. The van der Waals surface area contributed by atoms with Crippen molar-refractivity contribution in [2.24, 2.45) is 0 Å². The molecule has 0 radical (unpaired) electrons. The van der Waals surface area contributed by atoms with E-state index in [0.717, 1.165) is 18.8 Å². The molecule has 0 aliphatic carbocycles. The first kappa shape index (κ1) is 16.8. The van der Waals surface area contributed by atoms with Gasteiger partial charge in [-0.3, -0.25) is 4.90 Å². The third-order valence-electron chi connectivity index (χ3n) is 4.52. The number of carbonyl (C=O) groups excluding carboxylic acids is 1. The zero-order valence-electron chi connectivity index (χ0n) is 14.7. The van der Waals surface area contributed by atoms with E-state index in [4.69, 9.17) is 0 Å². The molecule has 1 aliphatic heterocycles. The molecule has 1 aromatic carbocycles. The Labute approximate surface area is 134 Å².